The molecule has 0 spiro atoms. The number of benzene rings is 1. The van der Waals surface area contributed by atoms with Gasteiger partial charge in [-0.2, -0.15) is 5.11 Å². The Balaban J connectivity index is 1.96. The number of morpholine rings is 1. The first-order chi connectivity index (χ1) is 25.9. The van der Waals surface area contributed by atoms with Crippen LogP contribution < -0.4 is 32.3 Å². The molecule has 1 aromatic rings. The van der Waals surface area contributed by atoms with Gasteiger partial charge in [-0.1, -0.05) is 33.8 Å². The highest BCUT2D eigenvalue weighted by Gasteiger charge is 2.38. The van der Waals surface area contributed by atoms with E-state index in [0.29, 0.717) is 26.3 Å². The molecule has 9 N–H and O–H groups in total. The first-order valence-corrected chi connectivity index (χ1v) is 18.9. The summed E-state index contributed by atoms with van der Waals surface area (Å²) < 4.78 is 23.6. The van der Waals surface area contributed by atoms with Gasteiger partial charge < -0.3 is 42.2 Å². The third-order valence-electron chi connectivity index (χ3n) is 8.09. The van der Waals surface area contributed by atoms with Gasteiger partial charge in [0.15, 0.2) is 16.9 Å². The Morgan fingerprint density at radius 1 is 0.964 bits per heavy atom. The van der Waals surface area contributed by atoms with Gasteiger partial charge in [-0.05, 0) is 49.8 Å². The lowest BCUT2D eigenvalue weighted by Gasteiger charge is -2.28. The normalized spacial score (nSPS) is 16.3. The molecule has 55 heavy (non-hydrogen) atoms. The number of nitrogens with zero attached hydrogens (tertiary/aromatic N) is 2. The van der Waals surface area contributed by atoms with Gasteiger partial charge in [0.2, 0.25) is 23.6 Å². The van der Waals surface area contributed by atoms with E-state index >= 15 is 0 Å². The number of hydrogen-bond donors (Lipinski definition) is 8. The van der Waals surface area contributed by atoms with Crippen molar-refractivity contribution in [1.82, 2.24) is 31.5 Å². The summed E-state index contributed by atoms with van der Waals surface area (Å²) in [5.74, 6) is -3.83. The Hall–Kier alpha value is -4.63. The fraction of sp³-hybridized carbons (Fsp3) is 0.600. The third kappa shape index (κ3) is 17.2. The lowest BCUT2D eigenvalue weighted by Crippen LogP contribution is -2.55. The molecule has 2 rings (SSSR count). The van der Waals surface area contributed by atoms with Crippen molar-refractivity contribution in [2.75, 3.05) is 59.1 Å². The number of aliphatic hydroxyl groups is 1. The van der Waals surface area contributed by atoms with E-state index in [0.717, 1.165) is 13.1 Å². The topological polar surface area (TPSA) is 284 Å². The minimum atomic E-state index is -2.22. The molecule has 20 heteroatoms. The van der Waals surface area contributed by atoms with Crippen LogP contribution in [0.5, 0.6) is 0 Å². The molecular formula is C35H55N9O10S. The number of ether oxygens (including phenoxy) is 1. The zero-order valence-electron chi connectivity index (χ0n) is 32.0. The molecule has 19 nitrogen and oxygen atoms in total. The number of carbonyl (C=O) groups is 6. The van der Waals surface area contributed by atoms with Crippen LogP contribution in [0, 0.1) is 17.4 Å². The Bertz CT molecular complexity index is 1560. The van der Waals surface area contributed by atoms with E-state index in [2.05, 4.69) is 31.7 Å². The number of hydrogen-bond acceptors (Lipinski definition) is 14. The predicted octanol–water partition coefficient (Wildman–Crippen LogP) is -0.767. The van der Waals surface area contributed by atoms with E-state index in [1.807, 2.05) is 18.7 Å². The Labute approximate surface area is 323 Å². The van der Waals surface area contributed by atoms with Gasteiger partial charge in [0.05, 0.1) is 62.6 Å². The van der Waals surface area contributed by atoms with Crippen LogP contribution in [-0.2, 0) is 44.0 Å². The van der Waals surface area contributed by atoms with E-state index in [1.54, 1.807) is 13.8 Å². The monoisotopic (exact) mass is 793 g/mol. The van der Waals surface area contributed by atoms with Gasteiger partial charge >= 0.3 is 0 Å². The number of ketones is 1. The van der Waals surface area contributed by atoms with Gasteiger partial charge in [-0.3, -0.25) is 37.9 Å². The molecule has 1 aliphatic heterocycles. The van der Waals surface area contributed by atoms with Gasteiger partial charge in [0.1, 0.15) is 11.6 Å². The summed E-state index contributed by atoms with van der Waals surface area (Å²) in [4.78, 5) is 79.0. The molecule has 5 amide bonds. The van der Waals surface area contributed by atoms with Crippen LogP contribution in [0.3, 0.4) is 0 Å². The number of nitrogens with one attached hydrogen (secondary N) is 6. The van der Waals surface area contributed by atoms with Crippen molar-refractivity contribution in [1.29, 1.82) is 5.53 Å². The minimum Gasteiger partial charge on any atom is -0.403 e. The summed E-state index contributed by atoms with van der Waals surface area (Å²) in [6.45, 7) is 9.11. The first kappa shape index (κ1) is 46.5. The van der Waals surface area contributed by atoms with E-state index in [1.165, 1.54) is 24.3 Å². The Kier molecular flexibility index (Phi) is 19.7. The molecule has 1 saturated heterocycles. The van der Waals surface area contributed by atoms with E-state index in [9.17, 15) is 38.1 Å². The summed E-state index contributed by atoms with van der Waals surface area (Å²) in [7, 11) is 0. The molecule has 4 atom stereocenters. The average molecular weight is 794 g/mol. The SMILES string of the molecule is CC(C)C[C@H](NC(=O)CNC(=O)CN1CCOCC1)C(=O)NCC(=O)N[C@@H](CC(C)C)C(=O)C(C)(O)COS(=O)c1cccc(C(=O)NC/C(=C/N)N=N)c1. The van der Waals surface area contributed by atoms with Crippen molar-refractivity contribution in [3.63, 3.8) is 0 Å². The summed E-state index contributed by atoms with van der Waals surface area (Å²) in [6, 6.07) is 3.42. The second-order valence-electron chi connectivity index (χ2n) is 14.0. The summed E-state index contributed by atoms with van der Waals surface area (Å²) in [6.07, 6.45) is 1.43. The minimum absolute atomic E-state index is 0.0141. The molecule has 1 aliphatic rings. The highest BCUT2D eigenvalue weighted by molar-refractivity contribution is 7.80. The molecule has 1 heterocycles. The highest BCUT2D eigenvalue weighted by Crippen LogP contribution is 2.18. The van der Waals surface area contributed by atoms with Gasteiger partial charge in [0, 0.05) is 24.9 Å². The predicted molar refractivity (Wildman–Crippen MR) is 200 cm³/mol. The summed E-state index contributed by atoms with van der Waals surface area (Å²) in [5, 5.41) is 27.0. The molecule has 1 fully saturated rings. The molecular weight excluding hydrogens is 739 g/mol. The smallest absolute Gasteiger partial charge is 0.251 e. The van der Waals surface area contributed by atoms with Crippen LogP contribution in [0.1, 0.15) is 57.8 Å². The molecule has 1 aromatic carbocycles. The van der Waals surface area contributed by atoms with E-state index in [-0.39, 0.29) is 66.4 Å². The second kappa shape index (κ2) is 23.3. The van der Waals surface area contributed by atoms with E-state index < -0.39 is 71.3 Å². The number of nitrogens with two attached hydrogens (primary N) is 1. The molecule has 0 radical (unpaired) electrons. The zero-order chi connectivity index (χ0) is 41.1. The number of Topliss-reactive ketones (excluding diaryl/α,β-unsaturated/α-hetero) is 1. The maximum Gasteiger partial charge on any atom is 0.251 e. The lowest BCUT2D eigenvalue weighted by molar-refractivity contribution is -0.143. The molecule has 306 valence electrons. The van der Waals surface area contributed by atoms with Crippen LogP contribution >= 0.6 is 0 Å². The Morgan fingerprint density at radius 2 is 1.56 bits per heavy atom. The summed E-state index contributed by atoms with van der Waals surface area (Å²) >= 11 is -2.22. The Morgan fingerprint density at radius 3 is 2.16 bits per heavy atom. The quantitative estimate of drug-likeness (QED) is 0.0635. The molecule has 0 saturated carbocycles. The molecule has 0 bridgehead atoms. The van der Waals surface area contributed by atoms with Gasteiger partial charge in [0.25, 0.3) is 5.91 Å². The third-order valence-corrected chi connectivity index (χ3v) is 9.06. The fourth-order valence-electron chi connectivity index (χ4n) is 5.22. The van der Waals surface area contributed by atoms with Crippen molar-refractivity contribution >= 4 is 46.4 Å². The van der Waals surface area contributed by atoms with Crippen LogP contribution in [0.25, 0.3) is 0 Å². The second-order valence-corrected chi connectivity index (χ2v) is 15.2. The average Bonchev–Trinajstić information content (AvgIpc) is 3.14. The number of amides is 5. The lowest BCUT2D eigenvalue weighted by atomic mass is 9.90. The van der Waals surface area contributed by atoms with Gasteiger partial charge in [-0.15, -0.1) is 0 Å². The standard InChI is InChI=1S/C35H55N9O10S/c1-22(2)13-27(32(48)35(5,51)21-54-55(52)26-8-6-7-24(15-26)33(49)39-17-25(16-36)43-37)41-30(46)19-40-34(50)28(14-23(3)4)42-29(45)18-38-31(47)20-44-9-11-53-12-10-44/h6-8,15-16,22-23,27-28,37,51H,9-14,17-21,36H2,1-5H3,(H,38,47)(H,39,49)(H,40,50)(H,41,46)(H,42,45)/b25-16-,43-37?/t27-,28-,35?,55?/m0/s1. The highest BCUT2D eigenvalue weighted by atomic mass is 32.2. The largest absolute Gasteiger partial charge is 0.403 e. The molecule has 0 aromatic heterocycles. The van der Waals surface area contributed by atoms with Crippen molar-refractivity contribution in [3.8, 4) is 0 Å². The van der Waals surface area contributed by atoms with Crippen LogP contribution in [0.2, 0.25) is 0 Å². The van der Waals surface area contributed by atoms with Crippen molar-refractivity contribution < 1.29 is 47.0 Å². The summed E-state index contributed by atoms with van der Waals surface area (Å²) in [5.41, 5.74) is 10.4. The van der Waals surface area contributed by atoms with Crippen LogP contribution in [0.4, 0.5) is 0 Å². The zero-order valence-corrected chi connectivity index (χ0v) is 32.8. The van der Waals surface area contributed by atoms with Crippen LogP contribution in [0.15, 0.2) is 46.2 Å². The van der Waals surface area contributed by atoms with Crippen molar-refractivity contribution in [3.05, 3.63) is 41.7 Å². The maximum atomic E-state index is 13.5. The fourth-order valence-corrected chi connectivity index (χ4v) is 6.10. The molecule has 0 aliphatic carbocycles. The van der Waals surface area contributed by atoms with E-state index in [4.69, 9.17) is 20.2 Å². The van der Waals surface area contributed by atoms with Gasteiger partial charge in [-0.25, -0.2) is 9.74 Å². The number of rotatable bonds is 23. The first-order valence-electron chi connectivity index (χ1n) is 17.9. The maximum absolute atomic E-state index is 13.5. The van der Waals surface area contributed by atoms with Crippen molar-refractivity contribution in [2.24, 2.45) is 22.7 Å². The number of carbonyl (C=O) groups excluding carboxylic acids is 6. The van der Waals surface area contributed by atoms with Crippen LogP contribution in [-0.4, -0.2) is 126 Å². The molecule has 2 unspecified atom stereocenters. The van der Waals surface area contributed by atoms with Crippen molar-refractivity contribution in [2.45, 2.75) is 70.0 Å².